The molecule has 1 N–H and O–H groups in total. The van der Waals surface area contributed by atoms with Crippen LogP contribution in [0.4, 0.5) is 0 Å². The maximum Gasteiger partial charge on any atom is 0.121 e. The second kappa shape index (κ2) is 4.28. The fraction of sp³-hybridized carbons (Fsp3) is 1.00. The second-order valence-corrected chi connectivity index (χ2v) is 6.05. The van der Waals surface area contributed by atoms with Crippen molar-refractivity contribution in [3.8, 4) is 0 Å². The van der Waals surface area contributed by atoms with Crippen molar-refractivity contribution < 1.29 is 4.74 Å². The maximum atomic E-state index is 6.23. The molecule has 0 spiro atoms. The lowest BCUT2D eigenvalue weighted by atomic mass is 9.88. The van der Waals surface area contributed by atoms with Crippen LogP contribution in [0.5, 0.6) is 0 Å². The smallest absolute Gasteiger partial charge is 0.121 e. The van der Waals surface area contributed by atoms with Crippen LogP contribution in [0.2, 0.25) is 0 Å². The van der Waals surface area contributed by atoms with Gasteiger partial charge in [0, 0.05) is 19.0 Å². The summed E-state index contributed by atoms with van der Waals surface area (Å²) in [5.74, 6) is 0.628. The normalized spacial score (nSPS) is 40.1. The van der Waals surface area contributed by atoms with Gasteiger partial charge in [0.05, 0.1) is 5.60 Å². The molecule has 2 heterocycles. The van der Waals surface area contributed by atoms with Crippen molar-refractivity contribution in [2.24, 2.45) is 5.92 Å². The van der Waals surface area contributed by atoms with E-state index >= 15 is 0 Å². The van der Waals surface area contributed by atoms with E-state index in [1.54, 1.807) is 0 Å². The highest BCUT2D eigenvalue weighted by Gasteiger charge is 2.46. The highest BCUT2D eigenvalue weighted by Crippen LogP contribution is 2.35. The van der Waals surface area contributed by atoms with Gasteiger partial charge in [-0.2, -0.15) is 0 Å². The summed E-state index contributed by atoms with van der Waals surface area (Å²) >= 11 is 0. The molecule has 0 saturated carbocycles. The van der Waals surface area contributed by atoms with E-state index in [2.05, 4.69) is 37.9 Å². The quantitative estimate of drug-likeness (QED) is 0.777. The largest absolute Gasteiger partial charge is 0.353 e. The van der Waals surface area contributed by atoms with E-state index in [0.29, 0.717) is 5.92 Å². The third-order valence-electron chi connectivity index (χ3n) is 4.09. The number of hydrogen-bond donors (Lipinski definition) is 1. The molecule has 2 saturated heterocycles. The molecule has 0 radical (unpaired) electrons. The van der Waals surface area contributed by atoms with Crippen molar-refractivity contribution in [2.75, 3.05) is 26.2 Å². The van der Waals surface area contributed by atoms with Gasteiger partial charge in [-0.25, -0.2) is 0 Å². The van der Waals surface area contributed by atoms with Crippen LogP contribution in [0.15, 0.2) is 0 Å². The number of rotatable bonds is 2. The summed E-state index contributed by atoms with van der Waals surface area (Å²) < 4.78 is 6.23. The van der Waals surface area contributed by atoms with E-state index in [0.717, 1.165) is 13.1 Å². The van der Waals surface area contributed by atoms with Crippen LogP contribution >= 0.6 is 0 Å². The number of likely N-dealkylation sites (tertiary alicyclic amines) is 1. The van der Waals surface area contributed by atoms with Gasteiger partial charge in [-0.15, -0.1) is 0 Å². The molecule has 0 bridgehead atoms. The Hall–Kier alpha value is -0.120. The van der Waals surface area contributed by atoms with Gasteiger partial charge in [-0.3, -0.25) is 5.32 Å². The Morgan fingerprint density at radius 1 is 1.38 bits per heavy atom. The molecule has 94 valence electrons. The van der Waals surface area contributed by atoms with Crippen molar-refractivity contribution in [1.29, 1.82) is 0 Å². The van der Waals surface area contributed by atoms with Gasteiger partial charge in [0.2, 0.25) is 0 Å². The van der Waals surface area contributed by atoms with Gasteiger partial charge in [-0.05, 0) is 46.7 Å². The molecule has 3 heteroatoms. The van der Waals surface area contributed by atoms with Crippen molar-refractivity contribution in [3.63, 3.8) is 0 Å². The molecule has 2 atom stereocenters. The van der Waals surface area contributed by atoms with Gasteiger partial charge in [0.1, 0.15) is 5.72 Å². The van der Waals surface area contributed by atoms with Crippen LogP contribution in [0.1, 0.15) is 40.5 Å². The molecule has 0 aromatic rings. The molecule has 0 aromatic heterocycles. The molecule has 2 rings (SSSR count). The Morgan fingerprint density at radius 3 is 2.69 bits per heavy atom. The molecular formula is C13H26N2O. The molecule has 0 amide bonds. The summed E-state index contributed by atoms with van der Waals surface area (Å²) in [4.78, 5) is 2.54. The minimum Gasteiger partial charge on any atom is -0.353 e. The highest BCUT2D eigenvalue weighted by molar-refractivity contribution is 4.95. The van der Waals surface area contributed by atoms with Crippen molar-refractivity contribution in [1.82, 2.24) is 10.2 Å². The average molecular weight is 226 g/mol. The van der Waals surface area contributed by atoms with Crippen molar-refractivity contribution in [2.45, 2.75) is 51.9 Å². The molecular weight excluding hydrogens is 200 g/mol. The molecule has 2 aliphatic rings. The first-order valence-corrected chi connectivity index (χ1v) is 6.63. The van der Waals surface area contributed by atoms with Crippen molar-refractivity contribution in [3.05, 3.63) is 0 Å². The Bertz CT molecular complexity index is 254. The first-order valence-electron chi connectivity index (χ1n) is 6.63. The lowest BCUT2D eigenvalue weighted by Gasteiger charge is -2.41. The molecule has 0 aromatic carbocycles. The van der Waals surface area contributed by atoms with E-state index in [1.165, 1.54) is 25.9 Å². The molecule has 2 unspecified atom stereocenters. The Labute approximate surface area is 99.5 Å². The average Bonchev–Trinajstić information content (AvgIpc) is 2.55. The first-order chi connectivity index (χ1) is 7.45. The molecule has 3 nitrogen and oxygen atoms in total. The summed E-state index contributed by atoms with van der Waals surface area (Å²) in [5.41, 5.74) is -0.124. The van der Waals surface area contributed by atoms with Gasteiger partial charge in [0.25, 0.3) is 0 Å². The summed E-state index contributed by atoms with van der Waals surface area (Å²) in [6.07, 6.45) is 2.59. The van der Waals surface area contributed by atoms with Crippen LogP contribution in [-0.2, 0) is 4.74 Å². The maximum absolute atomic E-state index is 6.23. The van der Waals surface area contributed by atoms with Crippen LogP contribution < -0.4 is 5.32 Å². The number of piperidine rings is 1. The van der Waals surface area contributed by atoms with E-state index in [1.807, 2.05) is 0 Å². The molecule has 0 aliphatic carbocycles. The number of hydrogen-bond acceptors (Lipinski definition) is 3. The highest BCUT2D eigenvalue weighted by atomic mass is 16.5. The standard InChI is InChI=1S/C13H26N2O/c1-5-15-8-6-7-11(9-15)13(4)14-10-12(2,3)16-13/h11,14H,5-10H2,1-4H3. The number of nitrogens with zero attached hydrogens (tertiary/aromatic N) is 1. The second-order valence-electron chi connectivity index (χ2n) is 6.05. The molecule has 2 fully saturated rings. The predicted octanol–water partition coefficient (Wildman–Crippen LogP) is 1.83. The van der Waals surface area contributed by atoms with Crippen molar-refractivity contribution >= 4 is 0 Å². The van der Waals surface area contributed by atoms with Gasteiger partial charge in [0.15, 0.2) is 0 Å². The van der Waals surface area contributed by atoms with Gasteiger partial charge < -0.3 is 9.64 Å². The topological polar surface area (TPSA) is 24.5 Å². The van der Waals surface area contributed by atoms with Crippen LogP contribution in [0.25, 0.3) is 0 Å². The fourth-order valence-corrected chi connectivity index (χ4v) is 3.05. The zero-order valence-corrected chi connectivity index (χ0v) is 11.2. The Balaban J connectivity index is 2.01. The monoisotopic (exact) mass is 226 g/mol. The molecule has 16 heavy (non-hydrogen) atoms. The zero-order valence-electron chi connectivity index (χ0n) is 11.2. The third kappa shape index (κ3) is 2.41. The summed E-state index contributed by atoms with van der Waals surface area (Å²) in [6.45, 7) is 13.4. The molecule has 2 aliphatic heterocycles. The SMILES string of the molecule is CCN1CCCC(C2(C)NCC(C)(C)O2)C1. The lowest BCUT2D eigenvalue weighted by Crippen LogP contribution is -2.52. The van der Waals surface area contributed by atoms with E-state index < -0.39 is 0 Å². The minimum atomic E-state index is -0.114. The van der Waals surface area contributed by atoms with E-state index in [9.17, 15) is 0 Å². The predicted molar refractivity (Wildman–Crippen MR) is 66.4 cm³/mol. The van der Waals surface area contributed by atoms with Gasteiger partial charge in [-0.1, -0.05) is 6.92 Å². The van der Waals surface area contributed by atoms with Crippen LogP contribution in [0, 0.1) is 5.92 Å². The number of nitrogens with one attached hydrogen (secondary N) is 1. The first kappa shape index (κ1) is 12.3. The third-order valence-corrected chi connectivity index (χ3v) is 4.09. The number of ether oxygens (including phenoxy) is 1. The Morgan fingerprint density at radius 2 is 2.12 bits per heavy atom. The van der Waals surface area contributed by atoms with Crippen LogP contribution in [0.3, 0.4) is 0 Å². The van der Waals surface area contributed by atoms with Gasteiger partial charge >= 0.3 is 0 Å². The zero-order chi connectivity index (χ0) is 11.8. The Kier molecular flexibility index (Phi) is 3.30. The van der Waals surface area contributed by atoms with E-state index in [4.69, 9.17) is 4.74 Å². The minimum absolute atomic E-state index is 0.0107. The summed E-state index contributed by atoms with van der Waals surface area (Å²) in [7, 11) is 0. The summed E-state index contributed by atoms with van der Waals surface area (Å²) in [6, 6.07) is 0. The fourth-order valence-electron chi connectivity index (χ4n) is 3.05. The van der Waals surface area contributed by atoms with Crippen LogP contribution in [-0.4, -0.2) is 42.4 Å². The lowest BCUT2D eigenvalue weighted by molar-refractivity contribution is -0.124. The van der Waals surface area contributed by atoms with E-state index in [-0.39, 0.29) is 11.3 Å². The summed E-state index contributed by atoms with van der Waals surface area (Å²) in [5, 5.41) is 3.59.